The summed E-state index contributed by atoms with van der Waals surface area (Å²) in [7, 11) is 0. The van der Waals surface area contributed by atoms with Crippen molar-refractivity contribution in [1.82, 2.24) is 15.2 Å². The molecule has 1 aromatic heterocycles. The van der Waals surface area contributed by atoms with Crippen LogP contribution in [-0.4, -0.2) is 41.0 Å². The third kappa shape index (κ3) is 2.72. The molecule has 0 spiro atoms. The Hall–Kier alpha value is -0.940. The van der Waals surface area contributed by atoms with E-state index in [9.17, 15) is 4.79 Å². The molecule has 1 aliphatic heterocycles. The van der Waals surface area contributed by atoms with Crippen LogP contribution in [0.15, 0.2) is 22.8 Å². The van der Waals surface area contributed by atoms with Crippen molar-refractivity contribution in [3.63, 3.8) is 0 Å². The van der Waals surface area contributed by atoms with Crippen LogP contribution < -0.4 is 5.32 Å². The molecule has 1 saturated carbocycles. The van der Waals surface area contributed by atoms with E-state index in [2.05, 4.69) is 31.1 Å². The minimum absolute atomic E-state index is 0.0704. The fraction of sp³-hybridized carbons (Fsp3) is 0.538. The van der Waals surface area contributed by atoms with Crippen molar-refractivity contribution >= 4 is 21.8 Å². The lowest BCUT2D eigenvalue weighted by molar-refractivity contribution is 0.0932. The number of amides is 1. The normalized spacial score (nSPS) is 24.2. The number of halogens is 1. The van der Waals surface area contributed by atoms with Gasteiger partial charge in [0.1, 0.15) is 10.3 Å². The van der Waals surface area contributed by atoms with E-state index >= 15 is 0 Å². The Bertz CT molecular complexity index is 461. The van der Waals surface area contributed by atoms with E-state index in [1.807, 2.05) is 12.1 Å². The highest BCUT2D eigenvalue weighted by Crippen LogP contribution is 2.29. The summed E-state index contributed by atoms with van der Waals surface area (Å²) in [6, 6.07) is 6.46. The number of likely N-dealkylation sites (tertiary alicyclic amines) is 1. The van der Waals surface area contributed by atoms with E-state index in [0.29, 0.717) is 10.3 Å². The number of hydrogen-bond donors (Lipinski definition) is 1. The molecule has 1 aromatic rings. The molecule has 1 saturated heterocycles. The first-order valence-electron chi connectivity index (χ1n) is 6.40. The lowest BCUT2D eigenvalue weighted by Crippen LogP contribution is -2.37. The van der Waals surface area contributed by atoms with Gasteiger partial charge in [-0.2, -0.15) is 0 Å². The van der Waals surface area contributed by atoms with Gasteiger partial charge in [0.15, 0.2) is 0 Å². The first kappa shape index (κ1) is 12.1. The molecular weight excluding hydrogens is 294 g/mol. The predicted octanol–water partition coefficient (Wildman–Crippen LogP) is 1.81. The van der Waals surface area contributed by atoms with E-state index in [-0.39, 0.29) is 11.9 Å². The summed E-state index contributed by atoms with van der Waals surface area (Å²) < 4.78 is 0.696. The molecule has 5 heteroatoms. The molecule has 4 nitrogen and oxygen atoms in total. The summed E-state index contributed by atoms with van der Waals surface area (Å²) in [5.41, 5.74) is 0.481. The summed E-state index contributed by atoms with van der Waals surface area (Å²) in [4.78, 5) is 18.7. The largest absolute Gasteiger partial charge is 0.347 e. The number of nitrogens with one attached hydrogen (secondary N) is 1. The molecule has 2 fully saturated rings. The molecule has 0 bridgehead atoms. The number of rotatable bonds is 3. The molecule has 3 rings (SSSR count). The molecule has 1 unspecified atom stereocenters. The van der Waals surface area contributed by atoms with Gasteiger partial charge < -0.3 is 5.32 Å². The summed E-state index contributed by atoms with van der Waals surface area (Å²) in [5, 5.41) is 3.07. The van der Waals surface area contributed by atoms with Gasteiger partial charge in [-0.25, -0.2) is 4.98 Å². The van der Waals surface area contributed by atoms with Crippen LogP contribution in [0.1, 0.15) is 29.8 Å². The monoisotopic (exact) mass is 309 g/mol. The van der Waals surface area contributed by atoms with Crippen LogP contribution in [0.3, 0.4) is 0 Å². The van der Waals surface area contributed by atoms with Crippen LogP contribution >= 0.6 is 15.9 Å². The molecule has 1 atom stereocenters. The van der Waals surface area contributed by atoms with Crippen LogP contribution in [0.2, 0.25) is 0 Å². The van der Waals surface area contributed by atoms with Crippen LogP contribution in [0, 0.1) is 0 Å². The molecule has 2 aliphatic rings. The van der Waals surface area contributed by atoms with Crippen molar-refractivity contribution in [2.75, 3.05) is 13.1 Å². The second-order valence-corrected chi connectivity index (χ2v) is 5.84. The van der Waals surface area contributed by atoms with Gasteiger partial charge in [-0.3, -0.25) is 9.69 Å². The Balaban J connectivity index is 1.58. The molecule has 1 amide bonds. The fourth-order valence-corrected chi connectivity index (χ4v) is 2.81. The third-order valence-corrected chi connectivity index (χ3v) is 4.01. The van der Waals surface area contributed by atoms with Crippen LogP contribution in [-0.2, 0) is 0 Å². The zero-order valence-electron chi connectivity index (χ0n) is 10.1. The standard InChI is InChI=1S/C13H16BrN3O/c14-12-3-1-2-11(16-12)13(18)15-9-6-7-17(8-9)10-4-5-10/h1-3,9-10H,4-8H2,(H,15,18). The van der Waals surface area contributed by atoms with Gasteiger partial charge >= 0.3 is 0 Å². The van der Waals surface area contributed by atoms with Crippen LogP contribution in [0.5, 0.6) is 0 Å². The first-order valence-corrected chi connectivity index (χ1v) is 7.19. The Morgan fingerprint density at radius 1 is 1.39 bits per heavy atom. The maximum atomic E-state index is 12.0. The third-order valence-electron chi connectivity index (χ3n) is 3.57. The van der Waals surface area contributed by atoms with E-state index in [0.717, 1.165) is 25.6 Å². The average molecular weight is 310 g/mol. The molecule has 0 radical (unpaired) electrons. The van der Waals surface area contributed by atoms with Gasteiger partial charge in [0.05, 0.1) is 0 Å². The minimum Gasteiger partial charge on any atom is -0.347 e. The van der Waals surface area contributed by atoms with Gasteiger partial charge in [0.2, 0.25) is 0 Å². The number of pyridine rings is 1. The highest BCUT2D eigenvalue weighted by Gasteiger charge is 2.34. The second kappa shape index (κ2) is 4.97. The summed E-state index contributed by atoms with van der Waals surface area (Å²) in [6.07, 6.45) is 3.71. The van der Waals surface area contributed by atoms with Gasteiger partial charge in [-0.1, -0.05) is 6.07 Å². The van der Waals surface area contributed by atoms with Gasteiger partial charge in [0.25, 0.3) is 5.91 Å². The zero-order valence-corrected chi connectivity index (χ0v) is 11.7. The first-order chi connectivity index (χ1) is 8.72. The molecule has 2 heterocycles. The Morgan fingerprint density at radius 2 is 2.22 bits per heavy atom. The molecular formula is C13H16BrN3O. The average Bonchev–Trinajstić information content (AvgIpc) is 3.11. The Labute approximate surface area is 115 Å². The van der Waals surface area contributed by atoms with E-state index in [4.69, 9.17) is 0 Å². The zero-order chi connectivity index (χ0) is 12.5. The molecule has 1 aliphatic carbocycles. The van der Waals surface area contributed by atoms with Crippen molar-refractivity contribution < 1.29 is 4.79 Å². The van der Waals surface area contributed by atoms with Gasteiger partial charge in [-0.15, -0.1) is 0 Å². The van der Waals surface area contributed by atoms with Crippen molar-refractivity contribution in [2.24, 2.45) is 0 Å². The smallest absolute Gasteiger partial charge is 0.270 e. The number of aromatic nitrogens is 1. The molecule has 1 N–H and O–H groups in total. The summed E-state index contributed by atoms with van der Waals surface area (Å²) >= 11 is 3.28. The predicted molar refractivity (Wildman–Crippen MR) is 72.4 cm³/mol. The molecule has 18 heavy (non-hydrogen) atoms. The Kier molecular flexibility index (Phi) is 3.35. The highest BCUT2D eigenvalue weighted by atomic mass is 79.9. The van der Waals surface area contributed by atoms with Crippen molar-refractivity contribution in [3.8, 4) is 0 Å². The van der Waals surface area contributed by atoms with Gasteiger partial charge in [0, 0.05) is 25.2 Å². The van der Waals surface area contributed by atoms with Crippen LogP contribution in [0.4, 0.5) is 0 Å². The summed E-state index contributed by atoms with van der Waals surface area (Å²) in [6.45, 7) is 2.10. The second-order valence-electron chi connectivity index (χ2n) is 5.03. The van der Waals surface area contributed by atoms with E-state index in [1.54, 1.807) is 6.07 Å². The highest BCUT2D eigenvalue weighted by molar-refractivity contribution is 9.10. The lowest BCUT2D eigenvalue weighted by atomic mass is 10.2. The lowest BCUT2D eigenvalue weighted by Gasteiger charge is -2.15. The quantitative estimate of drug-likeness (QED) is 0.866. The topological polar surface area (TPSA) is 45.2 Å². The van der Waals surface area contributed by atoms with Crippen molar-refractivity contribution in [1.29, 1.82) is 0 Å². The van der Waals surface area contributed by atoms with E-state index in [1.165, 1.54) is 12.8 Å². The SMILES string of the molecule is O=C(NC1CCN(C2CC2)C1)c1cccc(Br)n1. The summed E-state index contributed by atoms with van der Waals surface area (Å²) in [5.74, 6) is -0.0704. The van der Waals surface area contributed by atoms with Crippen LogP contribution in [0.25, 0.3) is 0 Å². The number of carbonyl (C=O) groups excluding carboxylic acids is 1. The van der Waals surface area contributed by atoms with E-state index < -0.39 is 0 Å². The maximum absolute atomic E-state index is 12.0. The maximum Gasteiger partial charge on any atom is 0.270 e. The fourth-order valence-electron chi connectivity index (χ4n) is 2.47. The molecule has 96 valence electrons. The Morgan fingerprint density at radius 3 is 2.94 bits per heavy atom. The minimum atomic E-state index is -0.0704. The van der Waals surface area contributed by atoms with Gasteiger partial charge in [-0.05, 0) is 47.3 Å². The van der Waals surface area contributed by atoms with Crippen molar-refractivity contribution in [3.05, 3.63) is 28.5 Å². The number of nitrogens with zero attached hydrogens (tertiary/aromatic N) is 2. The molecule has 0 aromatic carbocycles. The number of hydrogen-bond acceptors (Lipinski definition) is 3. The number of carbonyl (C=O) groups is 1. The van der Waals surface area contributed by atoms with Crippen molar-refractivity contribution in [2.45, 2.75) is 31.3 Å².